The van der Waals surface area contributed by atoms with Gasteiger partial charge in [0.2, 0.25) is 5.91 Å². The summed E-state index contributed by atoms with van der Waals surface area (Å²) in [7, 11) is 0. The first-order chi connectivity index (χ1) is 12.5. The number of carbonyl (C=O) groups excluding carboxylic acids is 2. The number of aryl methyl sites for hydroxylation is 3. The van der Waals surface area contributed by atoms with Crippen LogP contribution in [-0.2, 0) is 33.5 Å². The van der Waals surface area contributed by atoms with Crippen LogP contribution in [0.3, 0.4) is 0 Å². The van der Waals surface area contributed by atoms with Crippen LogP contribution in [-0.4, -0.2) is 54.9 Å². The number of rotatable bonds is 5. The minimum atomic E-state index is -0.498. The molecule has 2 rings (SSSR count). The van der Waals surface area contributed by atoms with Gasteiger partial charge in [-0.05, 0) is 43.4 Å². The van der Waals surface area contributed by atoms with Crippen molar-refractivity contribution in [3.05, 3.63) is 34.4 Å². The molecule has 1 aromatic rings. The molecule has 6 nitrogen and oxygen atoms in total. The van der Waals surface area contributed by atoms with Crippen molar-refractivity contribution in [2.45, 2.75) is 47.0 Å². The van der Waals surface area contributed by atoms with Crippen LogP contribution in [0.2, 0.25) is 0 Å². The number of amides is 2. The molecular weight excluding hydrogens is 332 g/mol. The van der Waals surface area contributed by atoms with Crippen molar-refractivity contribution in [2.75, 3.05) is 32.9 Å². The summed E-state index contributed by atoms with van der Waals surface area (Å²) in [5.41, 5.74) is 4.69. The van der Waals surface area contributed by atoms with E-state index in [1.165, 1.54) is 26.7 Å². The highest BCUT2D eigenvalue weighted by Gasteiger charge is 2.29. The SMILES string of the molecule is CCOC(=O)N1CCOCCN1C(=O)Cc1c(CC)cc(C)cc1CC. The van der Waals surface area contributed by atoms with Crippen molar-refractivity contribution in [1.82, 2.24) is 10.0 Å². The summed E-state index contributed by atoms with van der Waals surface area (Å²) in [6, 6.07) is 4.30. The summed E-state index contributed by atoms with van der Waals surface area (Å²) in [5.74, 6) is -0.100. The molecule has 26 heavy (non-hydrogen) atoms. The van der Waals surface area contributed by atoms with Crippen molar-refractivity contribution in [3.63, 3.8) is 0 Å². The van der Waals surface area contributed by atoms with Crippen molar-refractivity contribution >= 4 is 12.0 Å². The highest BCUT2D eigenvalue weighted by atomic mass is 16.6. The number of ether oxygens (including phenoxy) is 2. The standard InChI is InChI=1S/C20H30N2O4/c1-5-16-12-15(4)13-17(6-2)18(16)14-19(23)21-8-10-25-11-9-22(21)20(24)26-7-3/h12-13H,5-11,14H2,1-4H3. The van der Waals surface area contributed by atoms with Gasteiger partial charge in [-0.15, -0.1) is 0 Å². The minimum absolute atomic E-state index is 0.100. The second-order valence-electron chi connectivity index (χ2n) is 6.40. The molecule has 1 fully saturated rings. The lowest BCUT2D eigenvalue weighted by molar-refractivity contribution is -0.144. The molecule has 0 spiro atoms. The Morgan fingerprint density at radius 2 is 1.62 bits per heavy atom. The van der Waals surface area contributed by atoms with E-state index in [4.69, 9.17) is 9.47 Å². The fourth-order valence-electron chi connectivity index (χ4n) is 3.36. The van der Waals surface area contributed by atoms with Crippen LogP contribution >= 0.6 is 0 Å². The van der Waals surface area contributed by atoms with E-state index in [1.807, 2.05) is 0 Å². The Morgan fingerprint density at radius 3 is 2.15 bits per heavy atom. The van der Waals surface area contributed by atoms with Crippen LogP contribution in [0.5, 0.6) is 0 Å². The Hall–Kier alpha value is -2.08. The molecule has 2 amide bonds. The first kappa shape index (κ1) is 20.2. The van der Waals surface area contributed by atoms with Crippen LogP contribution in [0, 0.1) is 6.92 Å². The third kappa shape index (κ3) is 4.75. The number of hydrogen-bond acceptors (Lipinski definition) is 4. The summed E-state index contributed by atoms with van der Waals surface area (Å²) in [6.07, 6.45) is 1.54. The maximum absolute atomic E-state index is 13.1. The molecule has 1 aliphatic heterocycles. The molecule has 1 saturated heterocycles. The van der Waals surface area contributed by atoms with E-state index in [0.29, 0.717) is 26.3 Å². The minimum Gasteiger partial charge on any atom is -0.448 e. The molecule has 0 bridgehead atoms. The van der Waals surface area contributed by atoms with Gasteiger partial charge in [0.25, 0.3) is 0 Å². The summed E-state index contributed by atoms with van der Waals surface area (Å²) in [6.45, 7) is 9.80. The van der Waals surface area contributed by atoms with E-state index in [2.05, 4.69) is 32.9 Å². The van der Waals surface area contributed by atoms with E-state index in [0.717, 1.165) is 18.4 Å². The van der Waals surface area contributed by atoms with E-state index in [9.17, 15) is 9.59 Å². The average Bonchev–Trinajstić information content (AvgIpc) is 2.88. The zero-order chi connectivity index (χ0) is 19.1. The van der Waals surface area contributed by atoms with Gasteiger partial charge in [-0.1, -0.05) is 31.5 Å². The Morgan fingerprint density at radius 1 is 1.04 bits per heavy atom. The topological polar surface area (TPSA) is 59.1 Å². The Bertz CT molecular complexity index is 620. The van der Waals surface area contributed by atoms with Gasteiger partial charge in [-0.25, -0.2) is 14.8 Å². The van der Waals surface area contributed by atoms with Crippen LogP contribution in [0.1, 0.15) is 43.0 Å². The Balaban J connectivity index is 2.27. The summed E-state index contributed by atoms with van der Waals surface area (Å²) in [5, 5.41) is 2.87. The molecule has 144 valence electrons. The van der Waals surface area contributed by atoms with Crippen molar-refractivity contribution < 1.29 is 19.1 Å². The van der Waals surface area contributed by atoms with E-state index < -0.39 is 6.09 Å². The normalized spacial score (nSPS) is 14.9. The number of nitrogens with zero attached hydrogens (tertiary/aromatic N) is 2. The molecule has 0 saturated carbocycles. The van der Waals surface area contributed by atoms with Gasteiger partial charge in [0.05, 0.1) is 39.3 Å². The van der Waals surface area contributed by atoms with Gasteiger partial charge in [0.15, 0.2) is 0 Å². The molecule has 6 heteroatoms. The predicted molar refractivity (Wildman–Crippen MR) is 99.9 cm³/mol. The lowest BCUT2D eigenvalue weighted by Gasteiger charge is -2.32. The maximum atomic E-state index is 13.1. The fourth-order valence-corrected chi connectivity index (χ4v) is 3.36. The molecule has 0 aromatic heterocycles. The van der Waals surface area contributed by atoms with Gasteiger partial charge >= 0.3 is 6.09 Å². The fraction of sp³-hybridized carbons (Fsp3) is 0.600. The van der Waals surface area contributed by atoms with Crippen LogP contribution in [0.4, 0.5) is 4.79 Å². The van der Waals surface area contributed by atoms with Crippen LogP contribution in [0.25, 0.3) is 0 Å². The molecule has 1 heterocycles. The second-order valence-corrected chi connectivity index (χ2v) is 6.40. The highest BCUT2D eigenvalue weighted by molar-refractivity contribution is 5.82. The van der Waals surface area contributed by atoms with Gasteiger partial charge in [-0.3, -0.25) is 4.79 Å². The monoisotopic (exact) mass is 362 g/mol. The van der Waals surface area contributed by atoms with Gasteiger partial charge in [-0.2, -0.15) is 0 Å². The van der Waals surface area contributed by atoms with Crippen molar-refractivity contribution in [3.8, 4) is 0 Å². The summed E-state index contributed by atoms with van der Waals surface area (Å²) < 4.78 is 10.6. The molecule has 0 atom stereocenters. The Kier molecular flexibility index (Phi) is 7.45. The largest absolute Gasteiger partial charge is 0.448 e. The number of hydrazine groups is 1. The van der Waals surface area contributed by atoms with Crippen LogP contribution in [0.15, 0.2) is 12.1 Å². The zero-order valence-corrected chi connectivity index (χ0v) is 16.3. The summed E-state index contributed by atoms with van der Waals surface area (Å²) >= 11 is 0. The van der Waals surface area contributed by atoms with Gasteiger partial charge < -0.3 is 9.47 Å². The van der Waals surface area contributed by atoms with E-state index in [-0.39, 0.29) is 18.9 Å². The predicted octanol–water partition coefficient (Wildman–Crippen LogP) is 2.89. The molecule has 0 radical (unpaired) electrons. The Labute approximate surface area is 156 Å². The van der Waals surface area contributed by atoms with Crippen molar-refractivity contribution in [2.24, 2.45) is 0 Å². The molecule has 0 N–H and O–H groups in total. The molecule has 0 aliphatic carbocycles. The van der Waals surface area contributed by atoms with Crippen molar-refractivity contribution in [1.29, 1.82) is 0 Å². The second kappa shape index (κ2) is 9.57. The van der Waals surface area contributed by atoms with Gasteiger partial charge in [0.1, 0.15) is 0 Å². The zero-order valence-electron chi connectivity index (χ0n) is 16.3. The lowest BCUT2D eigenvalue weighted by atomic mass is 9.92. The molecular formula is C20H30N2O4. The first-order valence-corrected chi connectivity index (χ1v) is 9.45. The number of carbonyl (C=O) groups is 2. The smallest absolute Gasteiger partial charge is 0.428 e. The van der Waals surface area contributed by atoms with Gasteiger partial charge in [0, 0.05) is 0 Å². The third-order valence-electron chi connectivity index (χ3n) is 4.62. The third-order valence-corrected chi connectivity index (χ3v) is 4.62. The lowest BCUT2D eigenvalue weighted by Crippen LogP contribution is -2.51. The molecule has 1 aromatic carbocycles. The summed E-state index contributed by atoms with van der Waals surface area (Å²) in [4.78, 5) is 25.3. The molecule has 1 aliphatic rings. The average molecular weight is 362 g/mol. The first-order valence-electron chi connectivity index (χ1n) is 9.45. The maximum Gasteiger partial charge on any atom is 0.428 e. The highest BCUT2D eigenvalue weighted by Crippen LogP contribution is 2.21. The molecule has 0 unspecified atom stereocenters. The van der Waals surface area contributed by atoms with Crippen LogP contribution < -0.4 is 0 Å². The van der Waals surface area contributed by atoms with E-state index in [1.54, 1.807) is 6.92 Å². The number of hydrogen-bond donors (Lipinski definition) is 0. The number of benzene rings is 1. The quantitative estimate of drug-likeness (QED) is 0.808. The van der Waals surface area contributed by atoms with E-state index >= 15 is 0 Å².